The van der Waals surface area contributed by atoms with E-state index in [0.29, 0.717) is 29.8 Å². The molecule has 2 heterocycles. The maximum atomic E-state index is 13.3. The zero-order valence-electron chi connectivity index (χ0n) is 18.9. The van der Waals surface area contributed by atoms with Gasteiger partial charge < -0.3 is 9.30 Å². The highest BCUT2D eigenvalue weighted by Gasteiger charge is 2.33. The van der Waals surface area contributed by atoms with Crippen molar-refractivity contribution in [2.75, 3.05) is 19.8 Å². The molecule has 0 atom stereocenters. The van der Waals surface area contributed by atoms with E-state index in [1.54, 1.807) is 4.90 Å². The lowest BCUT2D eigenvalue weighted by Crippen LogP contribution is -2.32. The van der Waals surface area contributed by atoms with Crippen LogP contribution in [0.5, 0.6) is 0 Å². The monoisotopic (exact) mass is 523 g/mol. The number of carbonyl (C=O) groups excluding carboxylic acids is 1. The largest absolute Gasteiger partial charge is 0.380 e. The van der Waals surface area contributed by atoms with Crippen molar-refractivity contribution in [3.05, 3.63) is 87.0 Å². The van der Waals surface area contributed by atoms with Gasteiger partial charge in [-0.3, -0.25) is 9.69 Å². The summed E-state index contributed by atoms with van der Waals surface area (Å²) in [4.78, 5) is 20.4. The third-order valence-corrected chi connectivity index (χ3v) is 6.86. The molecule has 1 amide bonds. The first-order valence-corrected chi connectivity index (χ1v) is 12.5. The van der Waals surface area contributed by atoms with Crippen LogP contribution in [0.2, 0.25) is 0 Å². The molecule has 33 heavy (non-hydrogen) atoms. The molecule has 2 aromatic carbocycles. The van der Waals surface area contributed by atoms with Gasteiger partial charge in [0.1, 0.15) is 0 Å². The maximum absolute atomic E-state index is 13.3. The van der Waals surface area contributed by atoms with Crippen molar-refractivity contribution >= 4 is 50.5 Å². The van der Waals surface area contributed by atoms with E-state index in [9.17, 15) is 4.79 Å². The second-order valence-corrected chi connectivity index (χ2v) is 9.56. The topological polar surface area (TPSA) is 46.8 Å². The molecule has 0 radical (unpaired) electrons. The summed E-state index contributed by atoms with van der Waals surface area (Å²) in [6.07, 6.45) is 1.98. The molecule has 1 aliphatic rings. The number of aromatic nitrogens is 1. The number of aryl methyl sites for hydroxylation is 1. The van der Waals surface area contributed by atoms with Gasteiger partial charge in [0, 0.05) is 28.2 Å². The number of carbonyl (C=O) groups is 1. The van der Waals surface area contributed by atoms with Gasteiger partial charge in [-0.25, -0.2) is 4.99 Å². The number of para-hydroxylation sites is 1. The molecule has 0 saturated carbocycles. The summed E-state index contributed by atoms with van der Waals surface area (Å²) in [5, 5.41) is 0.679. The zero-order valence-corrected chi connectivity index (χ0v) is 21.3. The fourth-order valence-electron chi connectivity index (χ4n) is 3.79. The van der Waals surface area contributed by atoms with E-state index < -0.39 is 0 Å². The van der Waals surface area contributed by atoms with Crippen LogP contribution in [0, 0.1) is 13.8 Å². The lowest BCUT2D eigenvalue weighted by molar-refractivity contribution is -0.122. The van der Waals surface area contributed by atoms with Crippen LogP contribution in [0.25, 0.3) is 11.8 Å². The highest BCUT2D eigenvalue weighted by Crippen LogP contribution is 2.35. The zero-order chi connectivity index (χ0) is 23.4. The Morgan fingerprint density at radius 2 is 1.88 bits per heavy atom. The first kappa shape index (κ1) is 23.5. The van der Waals surface area contributed by atoms with E-state index in [1.807, 2.05) is 55.5 Å². The Morgan fingerprint density at radius 3 is 2.61 bits per heavy atom. The third-order valence-electron chi connectivity index (χ3n) is 5.36. The molecule has 3 aromatic rings. The van der Waals surface area contributed by atoms with Crippen LogP contribution in [0.4, 0.5) is 5.69 Å². The molecule has 1 fully saturated rings. The summed E-state index contributed by atoms with van der Waals surface area (Å²) < 4.78 is 8.74. The summed E-state index contributed by atoms with van der Waals surface area (Å²) in [7, 11) is 0. The quantitative estimate of drug-likeness (QED) is 0.262. The normalized spacial score (nSPS) is 16.4. The summed E-state index contributed by atoms with van der Waals surface area (Å²) in [6, 6.07) is 20.0. The van der Waals surface area contributed by atoms with E-state index >= 15 is 0 Å². The summed E-state index contributed by atoms with van der Waals surface area (Å²) in [5.74, 6) is -0.0401. The number of ether oxygens (including phenoxy) is 1. The molecule has 4 rings (SSSR count). The lowest BCUT2D eigenvalue weighted by atomic mass is 10.2. The second-order valence-electron chi connectivity index (χ2n) is 7.64. The van der Waals surface area contributed by atoms with Gasteiger partial charge in [-0.1, -0.05) is 40.2 Å². The Kier molecular flexibility index (Phi) is 7.53. The molecule has 0 aliphatic carbocycles. The first-order valence-electron chi connectivity index (χ1n) is 10.9. The van der Waals surface area contributed by atoms with Crippen LogP contribution >= 0.6 is 27.7 Å². The molecule has 7 heteroatoms. The number of hydrogen-bond donors (Lipinski definition) is 0. The van der Waals surface area contributed by atoms with Crippen molar-refractivity contribution in [2.45, 2.75) is 20.8 Å². The number of halogens is 1. The first-order chi connectivity index (χ1) is 16.0. The maximum Gasteiger partial charge on any atom is 0.266 e. The Hall–Kier alpha value is -2.61. The Morgan fingerprint density at radius 1 is 1.09 bits per heavy atom. The van der Waals surface area contributed by atoms with Crippen LogP contribution < -0.4 is 0 Å². The van der Waals surface area contributed by atoms with E-state index in [1.165, 1.54) is 11.8 Å². The predicted octanol–water partition coefficient (Wildman–Crippen LogP) is 6.50. The highest BCUT2D eigenvalue weighted by molar-refractivity contribution is 9.10. The molecule has 1 aliphatic heterocycles. The standard InChI is InChI=1S/C26H26BrN3O2S/c1-4-32-14-13-29-25(31)24(33-26(29)28-22-10-6-5-7-11-22)16-20-15-18(2)30(19(20)3)23-12-8-9-21(27)17-23/h5-12,15-17H,4,13-14H2,1-3H3/b24-16-,28-26?. The van der Waals surface area contributed by atoms with E-state index in [-0.39, 0.29) is 5.91 Å². The molecule has 0 spiro atoms. The van der Waals surface area contributed by atoms with Crippen LogP contribution in [0.1, 0.15) is 23.9 Å². The Labute approximate surface area is 207 Å². The number of rotatable bonds is 7. The van der Waals surface area contributed by atoms with Crippen molar-refractivity contribution in [2.24, 2.45) is 4.99 Å². The van der Waals surface area contributed by atoms with Gasteiger partial charge in [-0.05, 0) is 80.6 Å². The van der Waals surface area contributed by atoms with Crippen LogP contribution in [0.15, 0.2) is 75.0 Å². The van der Waals surface area contributed by atoms with Crippen molar-refractivity contribution in [1.29, 1.82) is 0 Å². The van der Waals surface area contributed by atoms with Gasteiger partial charge >= 0.3 is 0 Å². The van der Waals surface area contributed by atoms with Gasteiger partial charge in [-0.15, -0.1) is 0 Å². The number of benzene rings is 2. The molecule has 0 unspecified atom stereocenters. The van der Waals surface area contributed by atoms with Crippen LogP contribution in [-0.4, -0.2) is 40.3 Å². The number of amides is 1. The summed E-state index contributed by atoms with van der Waals surface area (Å²) in [5.41, 5.74) is 5.12. The number of amidine groups is 1. The lowest BCUT2D eigenvalue weighted by Gasteiger charge is -2.15. The molecule has 0 N–H and O–H groups in total. The minimum atomic E-state index is -0.0401. The van der Waals surface area contributed by atoms with Crippen molar-refractivity contribution in [3.8, 4) is 5.69 Å². The van der Waals surface area contributed by atoms with Crippen LogP contribution in [-0.2, 0) is 9.53 Å². The van der Waals surface area contributed by atoms with Crippen molar-refractivity contribution in [3.63, 3.8) is 0 Å². The highest BCUT2D eigenvalue weighted by atomic mass is 79.9. The fourth-order valence-corrected chi connectivity index (χ4v) is 5.19. The predicted molar refractivity (Wildman–Crippen MR) is 140 cm³/mol. The minimum absolute atomic E-state index is 0.0401. The van der Waals surface area contributed by atoms with Gasteiger partial charge in [0.05, 0.1) is 23.7 Å². The van der Waals surface area contributed by atoms with Gasteiger partial charge in [0.2, 0.25) is 0 Å². The minimum Gasteiger partial charge on any atom is -0.380 e. The van der Waals surface area contributed by atoms with Crippen molar-refractivity contribution in [1.82, 2.24) is 9.47 Å². The number of thioether (sulfide) groups is 1. The fraction of sp³-hybridized carbons (Fsp3) is 0.231. The molecular formula is C26H26BrN3O2S. The van der Waals surface area contributed by atoms with Gasteiger partial charge in [0.25, 0.3) is 5.91 Å². The van der Waals surface area contributed by atoms with Gasteiger partial charge in [0.15, 0.2) is 5.17 Å². The molecule has 1 saturated heterocycles. The van der Waals surface area contributed by atoms with E-state index in [2.05, 4.69) is 52.5 Å². The smallest absolute Gasteiger partial charge is 0.266 e. The summed E-state index contributed by atoms with van der Waals surface area (Å²) in [6.45, 7) is 7.67. The molecule has 0 bridgehead atoms. The molecule has 170 valence electrons. The Balaban J connectivity index is 1.68. The summed E-state index contributed by atoms with van der Waals surface area (Å²) >= 11 is 4.97. The SMILES string of the molecule is CCOCCN1C(=O)/C(=C/c2cc(C)n(-c3cccc(Br)c3)c2C)SC1=Nc1ccccc1. The molecule has 5 nitrogen and oxygen atoms in total. The average Bonchev–Trinajstić information content (AvgIpc) is 3.24. The van der Waals surface area contributed by atoms with E-state index in [4.69, 9.17) is 9.73 Å². The van der Waals surface area contributed by atoms with Gasteiger partial charge in [-0.2, -0.15) is 0 Å². The Bertz CT molecular complexity index is 1220. The number of nitrogens with zero attached hydrogens (tertiary/aromatic N) is 3. The van der Waals surface area contributed by atoms with E-state index in [0.717, 1.165) is 32.8 Å². The number of hydrogen-bond acceptors (Lipinski definition) is 4. The number of aliphatic imine (C=N–C) groups is 1. The second kappa shape index (κ2) is 10.5. The molecule has 1 aromatic heterocycles. The molecular weight excluding hydrogens is 498 g/mol. The average molecular weight is 524 g/mol. The third kappa shape index (κ3) is 5.32. The van der Waals surface area contributed by atoms with Crippen molar-refractivity contribution < 1.29 is 9.53 Å². The van der Waals surface area contributed by atoms with Crippen LogP contribution in [0.3, 0.4) is 0 Å².